The summed E-state index contributed by atoms with van der Waals surface area (Å²) in [6.07, 6.45) is 1.81. The molecule has 0 unspecified atom stereocenters. The van der Waals surface area contributed by atoms with Gasteiger partial charge in [0.05, 0.1) is 7.11 Å². The van der Waals surface area contributed by atoms with E-state index in [0.29, 0.717) is 0 Å². The topological polar surface area (TPSA) is 22.1 Å². The lowest BCUT2D eigenvalue weighted by Crippen LogP contribution is -1.79. The quantitative estimate of drug-likeness (QED) is 0.543. The molecule has 1 aliphatic carbocycles. The number of hydrogen-bond acceptors (Lipinski definition) is 2. The molecule has 2 heteroatoms. The van der Waals surface area contributed by atoms with Crippen LogP contribution in [0.25, 0.3) is 11.1 Å². The van der Waals surface area contributed by atoms with Crippen LogP contribution in [0.3, 0.4) is 0 Å². The van der Waals surface area contributed by atoms with Crippen LogP contribution in [0.1, 0.15) is 0 Å². The molecule has 0 aromatic heterocycles. The number of ether oxygens (including phenoxy) is 1. The van der Waals surface area contributed by atoms with Crippen LogP contribution in [0.15, 0.2) is 12.3 Å². The lowest BCUT2D eigenvalue weighted by atomic mass is 10.5. The predicted molar refractivity (Wildman–Crippen MR) is 29.8 cm³/mol. The van der Waals surface area contributed by atoms with E-state index in [4.69, 9.17) is 4.74 Å². The van der Waals surface area contributed by atoms with Gasteiger partial charge in [-0.1, -0.05) is 0 Å². The van der Waals surface area contributed by atoms with Crippen LogP contribution in [-0.4, -0.2) is 12.1 Å². The van der Waals surface area contributed by atoms with Crippen molar-refractivity contribution >= 4 is 0 Å². The summed E-state index contributed by atoms with van der Waals surface area (Å²) >= 11 is 0. The van der Waals surface area contributed by atoms with Gasteiger partial charge >= 0.3 is 0 Å². The molecule has 40 valence electrons. The summed E-state index contributed by atoms with van der Waals surface area (Å²) < 4.78 is 4.89. The second-order valence-electron chi connectivity index (χ2n) is 1.78. The largest absolute Gasteiger partial charge is 0.481 e. The molecule has 0 spiro atoms. The standard InChI is InChI=1S/C6H5NO/c1-8-6-5-2-4(5)3-7-6/h2-3H,1H3. The van der Waals surface area contributed by atoms with Gasteiger partial charge in [0, 0.05) is 17.3 Å². The van der Waals surface area contributed by atoms with Gasteiger partial charge in [0.2, 0.25) is 5.88 Å². The van der Waals surface area contributed by atoms with Crippen LogP contribution >= 0.6 is 0 Å². The van der Waals surface area contributed by atoms with Crippen molar-refractivity contribution in [1.29, 1.82) is 0 Å². The highest BCUT2D eigenvalue weighted by molar-refractivity contribution is 5.84. The monoisotopic (exact) mass is 107 g/mol. The molecule has 0 amide bonds. The minimum Gasteiger partial charge on any atom is -0.481 e. The number of aromatic nitrogens is 1. The van der Waals surface area contributed by atoms with Crippen LogP contribution in [0.5, 0.6) is 5.88 Å². The zero-order valence-corrected chi connectivity index (χ0v) is 4.51. The highest BCUT2D eigenvalue weighted by atomic mass is 16.5. The second-order valence-corrected chi connectivity index (χ2v) is 1.78. The maximum absolute atomic E-state index is 4.89. The first-order valence-electron chi connectivity index (χ1n) is 2.46. The minimum absolute atomic E-state index is 0.764. The van der Waals surface area contributed by atoms with E-state index in [0.717, 1.165) is 5.88 Å². The maximum atomic E-state index is 4.89. The molecule has 1 heterocycles. The van der Waals surface area contributed by atoms with Crippen LogP contribution in [0.2, 0.25) is 0 Å². The molecule has 0 N–H and O–H groups in total. The van der Waals surface area contributed by atoms with Crippen molar-refractivity contribution in [3.8, 4) is 17.0 Å². The number of fused-ring (bicyclic) bond motifs is 1. The molecular formula is C6H5NO. The van der Waals surface area contributed by atoms with Gasteiger partial charge in [-0.15, -0.1) is 0 Å². The minimum atomic E-state index is 0.764. The van der Waals surface area contributed by atoms with E-state index in [1.54, 1.807) is 7.11 Å². The van der Waals surface area contributed by atoms with Gasteiger partial charge in [-0.25, -0.2) is 4.98 Å². The SMILES string of the molecule is COc1ncc2cc1-2. The average Bonchev–Trinajstić information content (AvgIpc) is 2.46. The van der Waals surface area contributed by atoms with E-state index in [1.807, 2.05) is 12.3 Å². The highest BCUT2D eigenvalue weighted by Crippen LogP contribution is 2.40. The highest BCUT2D eigenvalue weighted by Gasteiger charge is 2.18. The molecule has 0 radical (unpaired) electrons. The van der Waals surface area contributed by atoms with Gasteiger partial charge in [-0.05, 0) is 6.07 Å². The van der Waals surface area contributed by atoms with Crippen molar-refractivity contribution in [2.75, 3.05) is 7.11 Å². The van der Waals surface area contributed by atoms with E-state index < -0.39 is 0 Å². The molecule has 2 nitrogen and oxygen atoms in total. The van der Waals surface area contributed by atoms with Crippen molar-refractivity contribution < 1.29 is 4.74 Å². The smallest absolute Gasteiger partial charge is 0.221 e. The van der Waals surface area contributed by atoms with Crippen LogP contribution in [-0.2, 0) is 0 Å². The average molecular weight is 107 g/mol. The molecular weight excluding hydrogens is 102 g/mol. The first-order valence-corrected chi connectivity index (χ1v) is 2.46. The lowest BCUT2D eigenvalue weighted by Gasteiger charge is -1.87. The predicted octanol–water partition coefficient (Wildman–Crippen LogP) is 1.07. The first kappa shape index (κ1) is 3.89. The van der Waals surface area contributed by atoms with Gasteiger partial charge in [-0.3, -0.25) is 0 Å². The van der Waals surface area contributed by atoms with E-state index in [2.05, 4.69) is 4.98 Å². The summed E-state index contributed by atoms with van der Waals surface area (Å²) in [5.74, 6) is 0.764. The molecule has 0 bridgehead atoms. The van der Waals surface area contributed by atoms with Gasteiger partial charge in [0.15, 0.2) is 0 Å². The number of methoxy groups -OCH3 is 1. The molecule has 0 aromatic carbocycles. The van der Waals surface area contributed by atoms with E-state index in [9.17, 15) is 0 Å². The van der Waals surface area contributed by atoms with Crippen LogP contribution in [0.4, 0.5) is 0 Å². The summed E-state index contributed by atoms with van der Waals surface area (Å²) in [7, 11) is 1.63. The van der Waals surface area contributed by atoms with Crippen molar-refractivity contribution in [3.05, 3.63) is 12.3 Å². The fourth-order valence-electron chi connectivity index (χ4n) is 0.772. The zero-order chi connectivity index (χ0) is 5.56. The number of rotatable bonds is 1. The summed E-state index contributed by atoms with van der Waals surface area (Å²) in [6.45, 7) is 0. The third-order valence-electron chi connectivity index (χ3n) is 1.27. The third-order valence-corrected chi connectivity index (χ3v) is 1.27. The molecule has 1 aliphatic heterocycles. The Morgan fingerprint density at radius 3 is 2.75 bits per heavy atom. The third kappa shape index (κ3) is 0.304. The first-order chi connectivity index (χ1) is 3.92. The normalized spacial score (nSPS) is 11.1. The van der Waals surface area contributed by atoms with Crippen molar-refractivity contribution in [2.45, 2.75) is 0 Å². The van der Waals surface area contributed by atoms with Crippen molar-refractivity contribution in [1.82, 2.24) is 4.98 Å². The molecule has 2 aliphatic rings. The van der Waals surface area contributed by atoms with E-state index in [1.165, 1.54) is 11.1 Å². The summed E-state index contributed by atoms with van der Waals surface area (Å²) in [6, 6.07) is 2.05. The number of pyridine rings is 1. The Labute approximate surface area is 47.1 Å². The number of hydrogen-bond donors (Lipinski definition) is 0. The zero-order valence-electron chi connectivity index (χ0n) is 4.51. The van der Waals surface area contributed by atoms with Crippen molar-refractivity contribution in [2.24, 2.45) is 0 Å². The lowest BCUT2D eigenvalue weighted by molar-refractivity contribution is 0.403. The Balaban J connectivity index is 2.49. The Kier molecular flexibility index (Phi) is 0.497. The Morgan fingerprint density at radius 1 is 1.62 bits per heavy atom. The summed E-state index contributed by atoms with van der Waals surface area (Å²) in [5, 5.41) is 0. The Hall–Kier alpha value is -1.05. The molecule has 0 aromatic rings. The Bertz CT molecular complexity index is 232. The van der Waals surface area contributed by atoms with Gasteiger partial charge in [0.1, 0.15) is 0 Å². The maximum Gasteiger partial charge on any atom is 0.221 e. The second kappa shape index (κ2) is 1.02. The van der Waals surface area contributed by atoms with Crippen molar-refractivity contribution in [3.63, 3.8) is 0 Å². The molecule has 8 heavy (non-hydrogen) atoms. The molecule has 0 fully saturated rings. The van der Waals surface area contributed by atoms with Crippen LogP contribution in [0, 0.1) is 0 Å². The molecule has 0 atom stereocenters. The summed E-state index contributed by atoms with van der Waals surface area (Å²) in [5.41, 5.74) is 2.40. The van der Waals surface area contributed by atoms with Gasteiger partial charge in [0.25, 0.3) is 0 Å². The fraction of sp³-hybridized carbons (Fsp3) is 0.167. The molecule has 0 saturated carbocycles. The van der Waals surface area contributed by atoms with Gasteiger partial charge < -0.3 is 4.74 Å². The fourth-order valence-corrected chi connectivity index (χ4v) is 0.772. The van der Waals surface area contributed by atoms with E-state index >= 15 is 0 Å². The molecule has 2 rings (SSSR count). The summed E-state index contributed by atoms with van der Waals surface area (Å²) in [4.78, 5) is 3.95. The molecule has 0 saturated heterocycles. The van der Waals surface area contributed by atoms with E-state index in [-0.39, 0.29) is 0 Å². The Morgan fingerprint density at radius 2 is 2.50 bits per heavy atom. The van der Waals surface area contributed by atoms with Gasteiger partial charge in [-0.2, -0.15) is 0 Å². The van der Waals surface area contributed by atoms with Crippen LogP contribution < -0.4 is 4.74 Å². The number of nitrogens with zero attached hydrogens (tertiary/aromatic N) is 1.